The van der Waals surface area contributed by atoms with Gasteiger partial charge in [-0.3, -0.25) is 0 Å². The summed E-state index contributed by atoms with van der Waals surface area (Å²) in [5.74, 6) is 1.56. The Kier molecular flexibility index (Phi) is 3.55. The maximum absolute atomic E-state index is 9.40. The van der Waals surface area contributed by atoms with E-state index < -0.39 is 0 Å². The van der Waals surface area contributed by atoms with Gasteiger partial charge in [0.2, 0.25) is 0 Å². The molecule has 0 aromatic carbocycles. The van der Waals surface area contributed by atoms with E-state index in [0.717, 1.165) is 5.76 Å². The van der Waals surface area contributed by atoms with Crippen molar-refractivity contribution in [2.45, 2.75) is 6.42 Å². The molecular weight excluding hydrogens is 260 g/mol. The van der Waals surface area contributed by atoms with Gasteiger partial charge >= 0.3 is 0 Å². The lowest BCUT2D eigenvalue weighted by Gasteiger charge is -2.13. The van der Waals surface area contributed by atoms with Crippen LogP contribution in [0.2, 0.25) is 0 Å². The third-order valence-corrected chi connectivity index (χ3v) is 2.97. The van der Waals surface area contributed by atoms with Crippen molar-refractivity contribution in [1.29, 1.82) is 0 Å². The summed E-state index contributed by atoms with van der Waals surface area (Å²) in [6.07, 6.45) is 2.30. The van der Waals surface area contributed by atoms with Crippen LogP contribution in [0.3, 0.4) is 0 Å². The van der Waals surface area contributed by atoms with Gasteiger partial charge in [0.05, 0.1) is 6.26 Å². The minimum atomic E-state index is 0.0486. The number of rotatable bonds is 6. The number of nitrogens with zero attached hydrogens (tertiary/aromatic N) is 5. The van der Waals surface area contributed by atoms with E-state index in [0.29, 0.717) is 24.4 Å². The fourth-order valence-electron chi connectivity index (χ4n) is 1.91. The molecule has 0 aliphatic carbocycles. The number of aliphatic hydroxyl groups is 1. The van der Waals surface area contributed by atoms with Crippen LogP contribution in [-0.4, -0.2) is 43.5 Å². The van der Waals surface area contributed by atoms with Gasteiger partial charge in [0.1, 0.15) is 11.6 Å². The molecule has 0 aliphatic rings. The van der Waals surface area contributed by atoms with E-state index in [-0.39, 0.29) is 12.5 Å². The van der Waals surface area contributed by atoms with Crippen molar-refractivity contribution in [2.24, 2.45) is 5.92 Å². The molecule has 0 aliphatic heterocycles. The quantitative estimate of drug-likeness (QED) is 0.669. The van der Waals surface area contributed by atoms with E-state index in [9.17, 15) is 5.11 Å². The second-order valence-corrected chi connectivity index (χ2v) is 4.46. The second-order valence-electron chi connectivity index (χ2n) is 4.46. The molecule has 8 nitrogen and oxygen atoms in total. The number of tetrazole rings is 1. The Labute approximate surface area is 114 Å². The Bertz CT molecular complexity index is 665. The predicted molar refractivity (Wildman–Crippen MR) is 70.1 cm³/mol. The number of nitrogens with one attached hydrogen (secondary N) is 1. The molecule has 0 fully saturated rings. The minimum Gasteiger partial charge on any atom is -0.469 e. The van der Waals surface area contributed by atoms with E-state index in [1.807, 2.05) is 12.1 Å². The lowest BCUT2D eigenvalue weighted by Crippen LogP contribution is -2.21. The molecule has 1 atom stereocenters. The molecule has 3 rings (SSSR count). The lowest BCUT2D eigenvalue weighted by molar-refractivity contribution is 0.226. The number of anilines is 1. The Balaban J connectivity index is 1.61. The van der Waals surface area contributed by atoms with Gasteiger partial charge in [-0.15, -0.1) is 14.8 Å². The zero-order valence-corrected chi connectivity index (χ0v) is 10.7. The fourth-order valence-corrected chi connectivity index (χ4v) is 1.91. The Morgan fingerprint density at radius 3 is 3.10 bits per heavy atom. The number of furan rings is 1. The summed E-state index contributed by atoms with van der Waals surface area (Å²) in [6, 6.07) is 7.31. The molecule has 0 saturated carbocycles. The summed E-state index contributed by atoms with van der Waals surface area (Å²) in [6.45, 7) is 0.651. The first kappa shape index (κ1) is 12.5. The number of hydrogen-bond donors (Lipinski definition) is 2. The van der Waals surface area contributed by atoms with Gasteiger partial charge in [-0.25, -0.2) is 0 Å². The first-order valence-electron chi connectivity index (χ1n) is 6.27. The molecular formula is C12H14N6O2. The maximum atomic E-state index is 9.40. The van der Waals surface area contributed by atoms with E-state index in [1.165, 1.54) is 4.63 Å². The molecule has 0 radical (unpaired) electrons. The average molecular weight is 274 g/mol. The van der Waals surface area contributed by atoms with E-state index in [4.69, 9.17) is 4.42 Å². The van der Waals surface area contributed by atoms with Crippen molar-refractivity contribution < 1.29 is 9.52 Å². The van der Waals surface area contributed by atoms with Crippen molar-refractivity contribution in [3.05, 3.63) is 36.3 Å². The Hall–Kier alpha value is -2.48. The van der Waals surface area contributed by atoms with Gasteiger partial charge in [-0.2, -0.15) is 0 Å². The van der Waals surface area contributed by atoms with Crippen molar-refractivity contribution >= 4 is 11.5 Å². The molecule has 20 heavy (non-hydrogen) atoms. The van der Waals surface area contributed by atoms with Crippen LogP contribution >= 0.6 is 0 Å². The fraction of sp³-hybridized carbons (Fsp3) is 0.333. The predicted octanol–water partition coefficient (Wildman–Crippen LogP) is 0.375. The molecule has 2 N–H and O–H groups in total. The zero-order chi connectivity index (χ0) is 13.8. The highest BCUT2D eigenvalue weighted by Gasteiger charge is 2.11. The molecule has 0 spiro atoms. The number of hydrogen-bond acceptors (Lipinski definition) is 7. The summed E-state index contributed by atoms with van der Waals surface area (Å²) in [5.41, 5.74) is 0.588. The molecule has 0 amide bonds. The third-order valence-electron chi connectivity index (χ3n) is 2.97. The molecule has 0 bridgehead atoms. The van der Waals surface area contributed by atoms with Crippen LogP contribution in [0.1, 0.15) is 5.76 Å². The highest BCUT2D eigenvalue weighted by atomic mass is 16.3. The first-order chi connectivity index (χ1) is 9.85. The summed E-state index contributed by atoms with van der Waals surface area (Å²) < 4.78 is 6.63. The molecule has 3 aromatic heterocycles. The SMILES string of the molecule is OC[C@H](CNc1ccc2nnnn2n1)Cc1ccco1. The summed E-state index contributed by atoms with van der Waals surface area (Å²) in [5, 5.41) is 27.8. The first-order valence-corrected chi connectivity index (χ1v) is 6.27. The van der Waals surface area contributed by atoms with E-state index in [1.54, 1.807) is 18.4 Å². The molecule has 0 unspecified atom stereocenters. The molecule has 8 heteroatoms. The highest BCUT2D eigenvalue weighted by molar-refractivity contribution is 5.42. The van der Waals surface area contributed by atoms with Crippen molar-refractivity contribution in [1.82, 2.24) is 25.3 Å². The number of aromatic nitrogens is 5. The normalized spacial score (nSPS) is 12.7. The van der Waals surface area contributed by atoms with Crippen LogP contribution in [0.25, 0.3) is 5.65 Å². The third kappa shape index (κ3) is 2.75. The molecule has 104 valence electrons. The average Bonchev–Trinajstić information content (AvgIpc) is 3.13. The molecule has 0 saturated heterocycles. The maximum Gasteiger partial charge on any atom is 0.200 e. The van der Waals surface area contributed by atoms with Gasteiger partial charge in [-0.1, -0.05) is 0 Å². The summed E-state index contributed by atoms with van der Waals surface area (Å²) in [4.78, 5) is 0. The van der Waals surface area contributed by atoms with Crippen LogP contribution in [0, 0.1) is 5.92 Å². The van der Waals surface area contributed by atoms with Crippen LogP contribution in [0.5, 0.6) is 0 Å². The molecule has 3 aromatic rings. The monoisotopic (exact) mass is 274 g/mol. The second kappa shape index (κ2) is 5.66. The summed E-state index contributed by atoms with van der Waals surface area (Å²) >= 11 is 0. The lowest BCUT2D eigenvalue weighted by atomic mass is 10.1. The van der Waals surface area contributed by atoms with Crippen molar-refractivity contribution in [3.8, 4) is 0 Å². The molecule has 3 heterocycles. The van der Waals surface area contributed by atoms with Gasteiger partial charge in [0, 0.05) is 25.5 Å². The van der Waals surface area contributed by atoms with Crippen LogP contribution in [0.15, 0.2) is 34.9 Å². The largest absolute Gasteiger partial charge is 0.469 e. The summed E-state index contributed by atoms with van der Waals surface area (Å²) in [7, 11) is 0. The number of fused-ring (bicyclic) bond motifs is 1. The highest BCUT2D eigenvalue weighted by Crippen LogP contribution is 2.11. The zero-order valence-electron chi connectivity index (χ0n) is 10.7. The van der Waals surface area contributed by atoms with Crippen LogP contribution in [-0.2, 0) is 6.42 Å². The van der Waals surface area contributed by atoms with Crippen LogP contribution < -0.4 is 5.32 Å². The van der Waals surface area contributed by atoms with Gasteiger partial charge in [0.15, 0.2) is 5.65 Å². The smallest absolute Gasteiger partial charge is 0.200 e. The van der Waals surface area contributed by atoms with Gasteiger partial charge < -0.3 is 14.8 Å². The topological polar surface area (TPSA) is 101 Å². The Morgan fingerprint density at radius 1 is 1.35 bits per heavy atom. The van der Waals surface area contributed by atoms with Crippen molar-refractivity contribution in [3.63, 3.8) is 0 Å². The van der Waals surface area contributed by atoms with Gasteiger partial charge in [-0.05, 0) is 34.7 Å². The standard InChI is InChI=1S/C12H14N6O2/c19-8-9(6-10-2-1-5-20-10)7-13-11-3-4-12-14-16-17-18(12)15-11/h1-5,9,19H,6-8H2,(H,13,15)/t9-/m0/s1. The van der Waals surface area contributed by atoms with Crippen LogP contribution in [0.4, 0.5) is 5.82 Å². The van der Waals surface area contributed by atoms with E-state index in [2.05, 4.69) is 25.9 Å². The number of aliphatic hydroxyl groups excluding tert-OH is 1. The van der Waals surface area contributed by atoms with Crippen molar-refractivity contribution in [2.75, 3.05) is 18.5 Å². The van der Waals surface area contributed by atoms with Gasteiger partial charge in [0.25, 0.3) is 0 Å². The Morgan fingerprint density at radius 2 is 2.30 bits per heavy atom. The van der Waals surface area contributed by atoms with E-state index >= 15 is 0 Å². The minimum absolute atomic E-state index is 0.0486.